The average Bonchev–Trinajstić information content (AvgIpc) is 2.40. The molecule has 1 aliphatic heterocycles. The van der Waals surface area contributed by atoms with Crippen molar-refractivity contribution in [2.24, 2.45) is 0 Å². The molecule has 21 heavy (non-hydrogen) atoms. The van der Waals surface area contributed by atoms with Crippen molar-refractivity contribution in [1.29, 1.82) is 0 Å². The van der Waals surface area contributed by atoms with E-state index >= 15 is 0 Å². The Morgan fingerprint density at radius 2 is 1.76 bits per heavy atom. The molecule has 2 rings (SSSR count). The number of likely N-dealkylation sites (tertiary alicyclic amines) is 1. The van der Waals surface area contributed by atoms with Crippen LogP contribution in [0.2, 0.25) is 0 Å². The summed E-state index contributed by atoms with van der Waals surface area (Å²) in [5.41, 5.74) is 0.450. The molecule has 0 unspecified atom stereocenters. The van der Waals surface area contributed by atoms with Crippen LogP contribution in [0.5, 0.6) is 5.75 Å². The van der Waals surface area contributed by atoms with Gasteiger partial charge in [-0.05, 0) is 50.2 Å². The maximum absolute atomic E-state index is 12.0. The minimum atomic E-state index is -4.71. The van der Waals surface area contributed by atoms with Crippen LogP contribution in [0.4, 0.5) is 18.9 Å². The summed E-state index contributed by atoms with van der Waals surface area (Å²) in [6, 6.07) is 5.11. The number of nitrogens with zero attached hydrogens (tertiary/aromatic N) is 1. The molecule has 0 radical (unpaired) electrons. The van der Waals surface area contributed by atoms with E-state index in [-0.39, 0.29) is 11.7 Å². The van der Waals surface area contributed by atoms with Gasteiger partial charge in [0.05, 0.1) is 6.54 Å². The van der Waals surface area contributed by atoms with Crippen LogP contribution in [-0.4, -0.2) is 36.8 Å². The van der Waals surface area contributed by atoms with E-state index in [0.717, 1.165) is 25.9 Å². The third-order valence-corrected chi connectivity index (χ3v) is 3.19. The summed E-state index contributed by atoms with van der Waals surface area (Å²) >= 11 is 0. The van der Waals surface area contributed by atoms with Gasteiger partial charge >= 0.3 is 6.36 Å². The summed E-state index contributed by atoms with van der Waals surface area (Å²) < 4.78 is 39.8. The fourth-order valence-corrected chi connectivity index (χ4v) is 2.26. The van der Waals surface area contributed by atoms with E-state index in [1.807, 2.05) is 0 Å². The molecule has 1 heterocycles. The van der Waals surface area contributed by atoms with Gasteiger partial charge in [0.1, 0.15) is 5.75 Å². The van der Waals surface area contributed by atoms with Crippen molar-refractivity contribution < 1.29 is 22.7 Å². The molecule has 7 heteroatoms. The van der Waals surface area contributed by atoms with E-state index in [9.17, 15) is 18.0 Å². The van der Waals surface area contributed by atoms with Crippen LogP contribution in [-0.2, 0) is 4.79 Å². The Morgan fingerprint density at radius 1 is 1.14 bits per heavy atom. The summed E-state index contributed by atoms with van der Waals surface area (Å²) in [6.45, 7) is 2.12. The lowest BCUT2D eigenvalue weighted by molar-refractivity contribution is -0.274. The zero-order valence-electron chi connectivity index (χ0n) is 11.4. The topological polar surface area (TPSA) is 41.6 Å². The van der Waals surface area contributed by atoms with E-state index in [1.165, 1.54) is 30.7 Å². The van der Waals surface area contributed by atoms with Gasteiger partial charge in [-0.3, -0.25) is 9.69 Å². The minimum absolute atomic E-state index is 0.165. The molecule has 0 spiro atoms. The molecule has 1 amide bonds. The number of piperidine rings is 1. The lowest BCUT2D eigenvalue weighted by Crippen LogP contribution is -2.36. The van der Waals surface area contributed by atoms with E-state index in [4.69, 9.17) is 0 Å². The van der Waals surface area contributed by atoms with Crippen LogP contribution in [0, 0.1) is 0 Å². The van der Waals surface area contributed by atoms with Crippen molar-refractivity contribution >= 4 is 11.6 Å². The van der Waals surface area contributed by atoms with Crippen molar-refractivity contribution in [3.63, 3.8) is 0 Å². The predicted molar refractivity (Wildman–Crippen MR) is 72.0 cm³/mol. The van der Waals surface area contributed by atoms with Crippen LogP contribution in [0.3, 0.4) is 0 Å². The van der Waals surface area contributed by atoms with Crippen LogP contribution in [0.1, 0.15) is 19.3 Å². The third kappa shape index (κ3) is 5.63. The summed E-state index contributed by atoms with van der Waals surface area (Å²) in [6.07, 6.45) is -1.33. The minimum Gasteiger partial charge on any atom is -0.406 e. The molecule has 116 valence electrons. The molecular weight excluding hydrogens is 285 g/mol. The molecule has 4 nitrogen and oxygen atoms in total. The highest BCUT2D eigenvalue weighted by molar-refractivity contribution is 5.92. The molecule has 1 saturated heterocycles. The predicted octanol–water partition coefficient (Wildman–Crippen LogP) is 3.01. The molecule has 0 bridgehead atoms. The normalized spacial score (nSPS) is 16.5. The second-order valence-corrected chi connectivity index (χ2v) is 4.96. The van der Waals surface area contributed by atoms with Gasteiger partial charge in [-0.1, -0.05) is 6.42 Å². The number of hydrogen-bond acceptors (Lipinski definition) is 3. The monoisotopic (exact) mass is 302 g/mol. The Morgan fingerprint density at radius 3 is 2.33 bits per heavy atom. The summed E-state index contributed by atoms with van der Waals surface area (Å²) in [5.74, 6) is -0.474. The Bertz CT molecular complexity index is 468. The van der Waals surface area contributed by atoms with Crippen LogP contribution < -0.4 is 10.1 Å². The highest BCUT2D eigenvalue weighted by Gasteiger charge is 2.30. The fraction of sp³-hybridized carbons (Fsp3) is 0.500. The number of halogens is 3. The van der Waals surface area contributed by atoms with Crippen molar-refractivity contribution in [3.8, 4) is 5.75 Å². The van der Waals surface area contributed by atoms with Crippen molar-refractivity contribution in [3.05, 3.63) is 24.3 Å². The summed E-state index contributed by atoms with van der Waals surface area (Å²) in [7, 11) is 0. The van der Waals surface area contributed by atoms with E-state index in [0.29, 0.717) is 12.2 Å². The molecule has 0 saturated carbocycles. The number of ether oxygens (including phenoxy) is 1. The first-order valence-electron chi connectivity index (χ1n) is 6.80. The van der Waals surface area contributed by atoms with Gasteiger partial charge in [-0.2, -0.15) is 0 Å². The highest BCUT2D eigenvalue weighted by Crippen LogP contribution is 2.23. The first kappa shape index (κ1) is 15.6. The van der Waals surface area contributed by atoms with E-state index in [1.54, 1.807) is 0 Å². The Hall–Kier alpha value is -1.76. The molecule has 0 aromatic heterocycles. The lowest BCUT2D eigenvalue weighted by atomic mass is 10.1. The van der Waals surface area contributed by atoms with Gasteiger partial charge in [-0.15, -0.1) is 13.2 Å². The summed E-state index contributed by atoms with van der Waals surface area (Å²) in [5, 5.41) is 2.66. The number of carbonyl (C=O) groups is 1. The number of amides is 1. The SMILES string of the molecule is O=C(CN1CCCCC1)Nc1ccc(OC(F)(F)F)cc1. The van der Waals surface area contributed by atoms with Crippen molar-refractivity contribution in [2.75, 3.05) is 25.0 Å². The van der Waals surface area contributed by atoms with Gasteiger partial charge in [0, 0.05) is 5.69 Å². The molecule has 1 fully saturated rings. The Balaban J connectivity index is 1.83. The largest absolute Gasteiger partial charge is 0.573 e. The quantitative estimate of drug-likeness (QED) is 0.929. The van der Waals surface area contributed by atoms with Gasteiger partial charge in [0.2, 0.25) is 5.91 Å². The number of hydrogen-bond donors (Lipinski definition) is 1. The first-order valence-corrected chi connectivity index (χ1v) is 6.80. The number of rotatable bonds is 4. The summed E-state index contributed by atoms with van der Waals surface area (Å²) in [4.78, 5) is 13.9. The molecular formula is C14H17F3N2O2. The Kier molecular flexibility index (Phi) is 5.06. The first-order chi connectivity index (χ1) is 9.92. The molecule has 1 aromatic rings. The number of carbonyl (C=O) groups excluding carboxylic acids is 1. The van der Waals surface area contributed by atoms with E-state index < -0.39 is 6.36 Å². The average molecular weight is 302 g/mol. The smallest absolute Gasteiger partial charge is 0.406 e. The number of benzene rings is 1. The fourth-order valence-electron chi connectivity index (χ4n) is 2.26. The molecule has 1 aliphatic rings. The van der Waals surface area contributed by atoms with Crippen LogP contribution in [0.25, 0.3) is 0 Å². The number of anilines is 1. The molecule has 1 aromatic carbocycles. The van der Waals surface area contributed by atoms with Gasteiger partial charge in [0.25, 0.3) is 0 Å². The molecule has 1 N–H and O–H groups in total. The number of alkyl halides is 3. The zero-order valence-corrected chi connectivity index (χ0v) is 11.4. The van der Waals surface area contributed by atoms with Crippen molar-refractivity contribution in [1.82, 2.24) is 4.90 Å². The van der Waals surface area contributed by atoms with Crippen molar-refractivity contribution in [2.45, 2.75) is 25.6 Å². The standard InChI is InChI=1S/C14H17F3N2O2/c15-14(16,17)21-12-6-4-11(5-7-12)18-13(20)10-19-8-2-1-3-9-19/h4-7H,1-3,8-10H2,(H,18,20). The Labute approximate surface area is 120 Å². The third-order valence-electron chi connectivity index (χ3n) is 3.19. The van der Waals surface area contributed by atoms with Gasteiger partial charge < -0.3 is 10.1 Å². The molecule has 0 atom stereocenters. The second-order valence-electron chi connectivity index (χ2n) is 4.96. The highest BCUT2D eigenvalue weighted by atomic mass is 19.4. The van der Waals surface area contributed by atoms with Gasteiger partial charge in [0.15, 0.2) is 0 Å². The maximum Gasteiger partial charge on any atom is 0.573 e. The van der Waals surface area contributed by atoms with Crippen LogP contribution in [0.15, 0.2) is 24.3 Å². The second kappa shape index (κ2) is 6.80. The zero-order chi connectivity index (χ0) is 15.3. The lowest BCUT2D eigenvalue weighted by Gasteiger charge is -2.25. The van der Waals surface area contributed by atoms with Gasteiger partial charge in [-0.25, -0.2) is 0 Å². The molecule has 0 aliphatic carbocycles. The number of nitrogens with one attached hydrogen (secondary N) is 1. The van der Waals surface area contributed by atoms with Crippen LogP contribution >= 0.6 is 0 Å². The maximum atomic E-state index is 12.0. The van der Waals surface area contributed by atoms with E-state index in [2.05, 4.69) is 15.0 Å².